The van der Waals surface area contributed by atoms with Crippen LogP contribution in [0, 0.1) is 0 Å². The van der Waals surface area contributed by atoms with Gasteiger partial charge >= 0.3 is 0 Å². The van der Waals surface area contributed by atoms with Crippen LogP contribution >= 0.6 is 0 Å². The van der Waals surface area contributed by atoms with Crippen molar-refractivity contribution < 1.29 is 15.0 Å². The van der Waals surface area contributed by atoms with Crippen LogP contribution in [0.4, 0.5) is 0 Å². The molecule has 0 aliphatic rings. The fourth-order valence-corrected chi connectivity index (χ4v) is 1.95. The van der Waals surface area contributed by atoms with Crippen molar-refractivity contribution in [3.8, 4) is 5.75 Å². The summed E-state index contributed by atoms with van der Waals surface area (Å²) in [5, 5.41) is 18.9. The quantitative estimate of drug-likeness (QED) is 0.746. The van der Waals surface area contributed by atoms with Gasteiger partial charge in [-0.05, 0) is 30.0 Å². The van der Waals surface area contributed by atoms with Gasteiger partial charge in [0.05, 0.1) is 5.56 Å². The van der Waals surface area contributed by atoms with Crippen molar-refractivity contribution in [2.75, 3.05) is 6.61 Å². The lowest BCUT2D eigenvalue weighted by atomic mass is 9.96. The van der Waals surface area contributed by atoms with Crippen LogP contribution < -0.4 is 0 Å². The number of ketones is 1. The van der Waals surface area contributed by atoms with Crippen molar-refractivity contribution in [2.24, 2.45) is 0 Å². The molecule has 94 valence electrons. The topological polar surface area (TPSA) is 57.5 Å². The van der Waals surface area contributed by atoms with E-state index in [-0.39, 0.29) is 11.3 Å². The molecule has 17 heavy (non-hydrogen) atoms. The van der Waals surface area contributed by atoms with E-state index >= 15 is 0 Å². The SMILES string of the molecule is CCCc1cc(CCC)c(O)c(C(=O)CO)c1. The van der Waals surface area contributed by atoms with E-state index in [2.05, 4.69) is 6.92 Å². The number of phenols is 1. The summed E-state index contributed by atoms with van der Waals surface area (Å²) in [5.41, 5.74) is 2.10. The van der Waals surface area contributed by atoms with Crippen LogP contribution in [0.1, 0.15) is 48.2 Å². The Labute approximate surface area is 102 Å². The zero-order chi connectivity index (χ0) is 12.8. The Bertz CT molecular complexity index is 397. The van der Waals surface area contributed by atoms with Crippen molar-refractivity contribution in [1.82, 2.24) is 0 Å². The Kier molecular flexibility index (Phi) is 5.16. The fourth-order valence-electron chi connectivity index (χ4n) is 1.95. The lowest BCUT2D eigenvalue weighted by Gasteiger charge is -2.11. The maximum absolute atomic E-state index is 11.5. The van der Waals surface area contributed by atoms with Gasteiger partial charge in [-0.15, -0.1) is 0 Å². The normalized spacial score (nSPS) is 10.5. The smallest absolute Gasteiger partial charge is 0.191 e. The van der Waals surface area contributed by atoms with Gasteiger partial charge < -0.3 is 10.2 Å². The maximum Gasteiger partial charge on any atom is 0.191 e. The number of Topliss-reactive ketones (excluding diaryl/α,β-unsaturated/α-hetero) is 1. The minimum Gasteiger partial charge on any atom is -0.507 e. The maximum atomic E-state index is 11.5. The Hall–Kier alpha value is -1.35. The summed E-state index contributed by atoms with van der Waals surface area (Å²) in [6.45, 7) is 3.54. The number of hydrogen-bond acceptors (Lipinski definition) is 3. The number of aromatic hydroxyl groups is 1. The van der Waals surface area contributed by atoms with Crippen molar-refractivity contribution in [3.05, 3.63) is 28.8 Å². The highest BCUT2D eigenvalue weighted by atomic mass is 16.3. The molecule has 0 aliphatic heterocycles. The van der Waals surface area contributed by atoms with Crippen LogP contribution in [-0.2, 0) is 12.8 Å². The molecule has 3 heteroatoms. The summed E-state index contributed by atoms with van der Waals surface area (Å²) < 4.78 is 0. The standard InChI is InChI=1S/C14H20O3/c1-3-5-10-7-11(6-4-2)14(17)12(8-10)13(16)9-15/h7-8,15,17H,3-6,9H2,1-2H3. The monoisotopic (exact) mass is 236 g/mol. The third kappa shape index (κ3) is 3.30. The van der Waals surface area contributed by atoms with E-state index in [1.165, 1.54) is 0 Å². The van der Waals surface area contributed by atoms with E-state index in [1.807, 2.05) is 13.0 Å². The first kappa shape index (κ1) is 13.7. The van der Waals surface area contributed by atoms with Crippen LogP contribution in [0.25, 0.3) is 0 Å². The summed E-state index contributed by atoms with van der Waals surface area (Å²) >= 11 is 0. The van der Waals surface area contributed by atoms with E-state index in [1.54, 1.807) is 6.07 Å². The molecule has 0 bridgehead atoms. The number of aliphatic hydroxyl groups is 1. The van der Waals surface area contributed by atoms with Gasteiger partial charge in [-0.3, -0.25) is 4.79 Å². The molecule has 1 aromatic rings. The molecule has 0 atom stereocenters. The highest BCUT2D eigenvalue weighted by Gasteiger charge is 2.15. The third-order valence-corrected chi connectivity index (χ3v) is 2.75. The second-order valence-electron chi connectivity index (χ2n) is 4.23. The highest BCUT2D eigenvalue weighted by molar-refractivity contribution is 5.99. The summed E-state index contributed by atoms with van der Waals surface area (Å²) in [4.78, 5) is 11.5. The first-order valence-electron chi connectivity index (χ1n) is 6.12. The van der Waals surface area contributed by atoms with Crippen molar-refractivity contribution in [1.29, 1.82) is 0 Å². The number of benzene rings is 1. The van der Waals surface area contributed by atoms with Crippen LogP contribution in [0.2, 0.25) is 0 Å². The Morgan fingerprint density at radius 3 is 2.35 bits per heavy atom. The van der Waals surface area contributed by atoms with Gasteiger partial charge in [-0.2, -0.15) is 0 Å². The first-order valence-corrected chi connectivity index (χ1v) is 6.12. The predicted molar refractivity (Wildman–Crippen MR) is 67.5 cm³/mol. The van der Waals surface area contributed by atoms with Gasteiger partial charge in [0.1, 0.15) is 12.4 Å². The van der Waals surface area contributed by atoms with Gasteiger partial charge in [0.2, 0.25) is 0 Å². The molecule has 0 saturated heterocycles. The predicted octanol–water partition coefficient (Wildman–Crippen LogP) is 2.47. The number of rotatable bonds is 6. The van der Waals surface area contributed by atoms with Crippen molar-refractivity contribution in [3.63, 3.8) is 0 Å². The van der Waals surface area contributed by atoms with Gasteiger partial charge in [0.15, 0.2) is 5.78 Å². The number of carbonyl (C=O) groups is 1. The number of aliphatic hydroxyl groups excluding tert-OH is 1. The molecule has 0 spiro atoms. The van der Waals surface area contributed by atoms with E-state index in [9.17, 15) is 9.90 Å². The Morgan fingerprint density at radius 1 is 1.18 bits per heavy atom. The average molecular weight is 236 g/mol. The molecule has 0 radical (unpaired) electrons. The number of hydrogen-bond donors (Lipinski definition) is 2. The molecular weight excluding hydrogens is 216 g/mol. The molecule has 0 unspecified atom stereocenters. The molecule has 0 heterocycles. The molecule has 0 fully saturated rings. The van der Waals surface area contributed by atoms with Crippen LogP contribution in [-0.4, -0.2) is 22.6 Å². The van der Waals surface area contributed by atoms with E-state index in [4.69, 9.17) is 5.11 Å². The lowest BCUT2D eigenvalue weighted by Crippen LogP contribution is -2.07. The highest BCUT2D eigenvalue weighted by Crippen LogP contribution is 2.27. The summed E-state index contributed by atoms with van der Waals surface area (Å²) in [6, 6.07) is 3.65. The molecular formula is C14H20O3. The molecule has 0 amide bonds. The molecule has 0 saturated carbocycles. The molecule has 1 rings (SSSR count). The molecule has 0 aromatic heterocycles. The second-order valence-corrected chi connectivity index (χ2v) is 4.23. The number of phenolic OH excluding ortho intramolecular Hbond substituents is 1. The van der Waals surface area contributed by atoms with Gasteiger partial charge in [-0.1, -0.05) is 32.8 Å². The average Bonchev–Trinajstić information content (AvgIpc) is 2.32. The van der Waals surface area contributed by atoms with Gasteiger partial charge in [0.25, 0.3) is 0 Å². The summed E-state index contributed by atoms with van der Waals surface area (Å²) in [7, 11) is 0. The Balaban J connectivity index is 3.21. The first-order chi connectivity index (χ1) is 8.13. The number of carbonyl (C=O) groups excluding carboxylic acids is 1. The minimum atomic E-state index is -0.561. The molecule has 3 nitrogen and oxygen atoms in total. The fraction of sp³-hybridized carbons (Fsp3) is 0.500. The van der Waals surface area contributed by atoms with E-state index < -0.39 is 12.4 Å². The third-order valence-electron chi connectivity index (χ3n) is 2.75. The Morgan fingerprint density at radius 2 is 1.82 bits per heavy atom. The largest absolute Gasteiger partial charge is 0.507 e. The lowest BCUT2D eigenvalue weighted by molar-refractivity contribution is 0.0900. The minimum absolute atomic E-state index is 0.0331. The van der Waals surface area contributed by atoms with Crippen molar-refractivity contribution >= 4 is 5.78 Å². The molecule has 2 N–H and O–H groups in total. The number of aryl methyl sites for hydroxylation is 2. The van der Waals surface area contributed by atoms with Gasteiger partial charge in [-0.25, -0.2) is 0 Å². The van der Waals surface area contributed by atoms with E-state index in [0.29, 0.717) is 0 Å². The zero-order valence-electron chi connectivity index (χ0n) is 10.5. The molecule has 1 aromatic carbocycles. The van der Waals surface area contributed by atoms with Crippen molar-refractivity contribution in [2.45, 2.75) is 39.5 Å². The summed E-state index contributed by atoms with van der Waals surface area (Å²) in [5.74, 6) is -0.386. The second kappa shape index (κ2) is 6.40. The van der Waals surface area contributed by atoms with Crippen LogP contribution in [0.15, 0.2) is 12.1 Å². The van der Waals surface area contributed by atoms with Gasteiger partial charge in [0, 0.05) is 0 Å². The van der Waals surface area contributed by atoms with Crippen LogP contribution in [0.3, 0.4) is 0 Å². The van der Waals surface area contributed by atoms with E-state index in [0.717, 1.165) is 36.8 Å². The zero-order valence-corrected chi connectivity index (χ0v) is 10.5. The summed E-state index contributed by atoms with van der Waals surface area (Å²) in [6.07, 6.45) is 3.52. The molecule has 0 aliphatic carbocycles. The van der Waals surface area contributed by atoms with Crippen LogP contribution in [0.5, 0.6) is 5.75 Å².